The van der Waals surface area contributed by atoms with Crippen LogP contribution in [-0.4, -0.2) is 31.9 Å². The molecule has 0 spiro atoms. The zero-order valence-electron chi connectivity index (χ0n) is 16.3. The van der Waals surface area contributed by atoms with Crippen LogP contribution in [0.5, 0.6) is 5.75 Å². The molecule has 2 amide bonds. The standard InChI is InChI=1S/C21H25N3O4/c1-4-28-21(26)23-18(17-8-6-5-7-9-17)13-20(25)24-22-14-16-11-10-15(2)19(12-16)27-3/h5-12,14,18H,4,13H2,1-3H3,(H,23,26)(H,24,25)/b22-14-/t18-/m1/s1. The van der Waals surface area contributed by atoms with Crippen LogP contribution in [0.2, 0.25) is 0 Å². The Morgan fingerprint density at radius 3 is 2.61 bits per heavy atom. The molecule has 0 aliphatic heterocycles. The lowest BCUT2D eigenvalue weighted by Gasteiger charge is -2.18. The van der Waals surface area contributed by atoms with Gasteiger partial charge in [-0.2, -0.15) is 5.10 Å². The second-order valence-corrected chi connectivity index (χ2v) is 6.05. The van der Waals surface area contributed by atoms with Gasteiger partial charge < -0.3 is 14.8 Å². The maximum Gasteiger partial charge on any atom is 0.407 e. The molecule has 0 aliphatic carbocycles. The number of carbonyl (C=O) groups excluding carboxylic acids is 2. The molecule has 0 bridgehead atoms. The first-order valence-electron chi connectivity index (χ1n) is 8.98. The van der Waals surface area contributed by atoms with Gasteiger partial charge in [-0.3, -0.25) is 4.79 Å². The minimum Gasteiger partial charge on any atom is -0.496 e. The second kappa shape index (κ2) is 10.7. The van der Waals surface area contributed by atoms with Crippen LogP contribution in [0.4, 0.5) is 4.79 Å². The normalized spacial score (nSPS) is 11.7. The monoisotopic (exact) mass is 383 g/mol. The van der Waals surface area contributed by atoms with E-state index in [1.165, 1.54) is 6.21 Å². The third kappa shape index (κ3) is 6.42. The molecule has 28 heavy (non-hydrogen) atoms. The lowest BCUT2D eigenvalue weighted by atomic mass is 10.0. The molecule has 0 aliphatic rings. The number of hydrazone groups is 1. The Balaban J connectivity index is 2.00. The molecule has 0 unspecified atom stereocenters. The molecule has 0 radical (unpaired) electrons. The van der Waals surface area contributed by atoms with Crippen molar-refractivity contribution in [3.63, 3.8) is 0 Å². The Bertz CT molecular complexity index is 822. The van der Waals surface area contributed by atoms with Gasteiger partial charge in [-0.1, -0.05) is 42.5 Å². The van der Waals surface area contributed by atoms with E-state index in [0.717, 1.165) is 22.4 Å². The van der Waals surface area contributed by atoms with Gasteiger partial charge in [0.2, 0.25) is 5.91 Å². The van der Waals surface area contributed by atoms with Crippen molar-refractivity contribution in [2.24, 2.45) is 5.10 Å². The summed E-state index contributed by atoms with van der Waals surface area (Å²) in [5.41, 5.74) is 5.10. The number of ether oxygens (including phenoxy) is 2. The quantitative estimate of drug-likeness (QED) is 0.540. The van der Waals surface area contributed by atoms with Crippen LogP contribution in [-0.2, 0) is 9.53 Å². The molecule has 2 aromatic rings. The van der Waals surface area contributed by atoms with E-state index < -0.39 is 12.1 Å². The molecule has 2 aromatic carbocycles. The highest BCUT2D eigenvalue weighted by atomic mass is 16.5. The fraction of sp³-hybridized carbons (Fsp3) is 0.286. The molecule has 2 N–H and O–H groups in total. The Morgan fingerprint density at radius 1 is 1.18 bits per heavy atom. The molecule has 0 aromatic heterocycles. The average Bonchev–Trinajstić information content (AvgIpc) is 2.69. The number of rotatable bonds is 8. The van der Waals surface area contributed by atoms with Gasteiger partial charge in [-0.25, -0.2) is 10.2 Å². The first-order chi connectivity index (χ1) is 13.5. The van der Waals surface area contributed by atoms with Crippen LogP contribution in [0, 0.1) is 6.92 Å². The fourth-order valence-corrected chi connectivity index (χ4v) is 2.58. The maximum atomic E-state index is 12.3. The summed E-state index contributed by atoms with van der Waals surface area (Å²) in [7, 11) is 1.60. The van der Waals surface area contributed by atoms with Gasteiger partial charge in [0.05, 0.1) is 32.4 Å². The number of methoxy groups -OCH3 is 1. The Labute approximate surface area is 164 Å². The van der Waals surface area contributed by atoms with E-state index >= 15 is 0 Å². The van der Waals surface area contributed by atoms with Crippen molar-refractivity contribution in [2.75, 3.05) is 13.7 Å². The number of nitrogens with zero attached hydrogens (tertiary/aromatic N) is 1. The van der Waals surface area contributed by atoms with E-state index in [1.807, 2.05) is 55.5 Å². The average molecular weight is 383 g/mol. The number of nitrogens with one attached hydrogen (secondary N) is 2. The zero-order valence-corrected chi connectivity index (χ0v) is 16.3. The van der Waals surface area contributed by atoms with Crippen molar-refractivity contribution in [1.29, 1.82) is 0 Å². The van der Waals surface area contributed by atoms with Gasteiger partial charge in [0.1, 0.15) is 5.75 Å². The minimum absolute atomic E-state index is 0.0252. The molecule has 0 heterocycles. The Morgan fingerprint density at radius 2 is 1.93 bits per heavy atom. The lowest BCUT2D eigenvalue weighted by molar-refractivity contribution is -0.121. The molecular weight excluding hydrogens is 358 g/mol. The van der Waals surface area contributed by atoms with Gasteiger partial charge in [0.15, 0.2) is 0 Å². The molecule has 7 nitrogen and oxygen atoms in total. The van der Waals surface area contributed by atoms with Gasteiger partial charge in [-0.15, -0.1) is 0 Å². The Hall–Kier alpha value is -3.35. The summed E-state index contributed by atoms with van der Waals surface area (Å²) >= 11 is 0. The van der Waals surface area contributed by atoms with Crippen LogP contribution < -0.4 is 15.5 Å². The molecule has 7 heteroatoms. The van der Waals surface area contributed by atoms with Crippen molar-refractivity contribution in [3.8, 4) is 5.75 Å². The van der Waals surface area contributed by atoms with E-state index in [4.69, 9.17) is 9.47 Å². The molecule has 0 saturated heterocycles. The SMILES string of the molecule is CCOC(=O)N[C@H](CC(=O)N/N=C\c1ccc(C)c(OC)c1)c1ccccc1. The molecule has 1 atom stereocenters. The van der Waals surface area contributed by atoms with Crippen molar-refractivity contribution in [1.82, 2.24) is 10.7 Å². The highest BCUT2D eigenvalue weighted by molar-refractivity contribution is 5.83. The van der Waals surface area contributed by atoms with E-state index in [1.54, 1.807) is 14.0 Å². The van der Waals surface area contributed by atoms with Crippen molar-refractivity contribution < 1.29 is 19.1 Å². The predicted octanol–water partition coefficient (Wildman–Crippen LogP) is 3.33. The van der Waals surface area contributed by atoms with Gasteiger partial charge in [-0.05, 0) is 36.6 Å². The molecule has 2 rings (SSSR count). The summed E-state index contributed by atoms with van der Waals surface area (Å²) < 4.78 is 10.2. The zero-order chi connectivity index (χ0) is 20.4. The number of aryl methyl sites for hydroxylation is 1. The first kappa shape index (κ1) is 21.0. The van der Waals surface area contributed by atoms with Crippen molar-refractivity contribution in [2.45, 2.75) is 26.3 Å². The third-order valence-electron chi connectivity index (χ3n) is 3.99. The number of alkyl carbamates (subject to hydrolysis) is 1. The summed E-state index contributed by atoms with van der Waals surface area (Å²) in [5, 5.41) is 6.69. The summed E-state index contributed by atoms with van der Waals surface area (Å²) in [6.07, 6.45) is 0.993. The smallest absolute Gasteiger partial charge is 0.407 e. The topological polar surface area (TPSA) is 89.0 Å². The summed E-state index contributed by atoms with van der Waals surface area (Å²) in [5.74, 6) is 0.416. The number of benzene rings is 2. The second-order valence-electron chi connectivity index (χ2n) is 6.05. The van der Waals surface area contributed by atoms with E-state index in [2.05, 4.69) is 15.8 Å². The summed E-state index contributed by atoms with van der Waals surface area (Å²) in [6, 6.07) is 14.3. The van der Waals surface area contributed by atoms with Gasteiger partial charge in [0, 0.05) is 0 Å². The van der Waals surface area contributed by atoms with Crippen molar-refractivity contribution >= 4 is 18.2 Å². The molecule has 0 fully saturated rings. The van der Waals surface area contributed by atoms with Gasteiger partial charge in [0.25, 0.3) is 0 Å². The molecule has 148 valence electrons. The number of carbonyl (C=O) groups is 2. The van der Waals surface area contributed by atoms with Crippen LogP contribution in [0.1, 0.15) is 36.1 Å². The van der Waals surface area contributed by atoms with E-state index in [-0.39, 0.29) is 18.9 Å². The first-order valence-corrected chi connectivity index (χ1v) is 8.98. The van der Waals surface area contributed by atoms with E-state index in [0.29, 0.717) is 0 Å². The number of hydrogen-bond acceptors (Lipinski definition) is 5. The van der Waals surface area contributed by atoms with Crippen LogP contribution in [0.3, 0.4) is 0 Å². The highest BCUT2D eigenvalue weighted by Crippen LogP contribution is 2.18. The van der Waals surface area contributed by atoms with Crippen LogP contribution >= 0.6 is 0 Å². The van der Waals surface area contributed by atoms with Crippen LogP contribution in [0.25, 0.3) is 0 Å². The third-order valence-corrected chi connectivity index (χ3v) is 3.99. The highest BCUT2D eigenvalue weighted by Gasteiger charge is 2.18. The van der Waals surface area contributed by atoms with Gasteiger partial charge >= 0.3 is 6.09 Å². The predicted molar refractivity (Wildman–Crippen MR) is 107 cm³/mol. The lowest BCUT2D eigenvalue weighted by Crippen LogP contribution is -2.33. The number of hydrogen-bond donors (Lipinski definition) is 2. The summed E-state index contributed by atoms with van der Waals surface area (Å²) in [6.45, 7) is 3.92. The maximum absolute atomic E-state index is 12.3. The molecular formula is C21H25N3O4. The molecule has 0 saturated carbocycles. The Kier molecular flexibility index (Phi) is 8.02. The largest absolute Gasteiger partial charge is 0.496 e. The summed E-state index contributed by atoms with van der Waals surface area (Å²) in [4.78, 5) is 24.1. The van der Waals surface area contributed by atoms with Crippen molar-refractivity contribution in [3.05, 3.63) is 65.2 Å². The number of amides is 2. The minimum atomic E-state index is -0.570. The van der Waals surface area contributed by atoms with E-state index in [9.17, 15) is 9.59 Å². The fourth-order valence-electron chi connectivity index (χ4n) is 2.58. The van der Waals surface area contributed by atoms with Crippen LogP contribution in [0.15, 0.2) is 53.6 Å².